The number of carbonyl (C=O) groups excluding carboxylic acids is 1. The van der Waals surface area contributed by atoms with Gasteiger partial charge in [-0.05, 0) is 37.6 Å². The minimum atomic E-state index is -0.800. The lowest BCUT2D eigenvalue weighted by Crippen LogP contribution is -2.24. The molecule has 0 aliphatic rings. The first-order valence-corrected chi connectivity index (χ1v) is 5.89. The fraction of sp³-hybridized carbons (Fsp3) is 0.214. The van der Waals surface area contributed by atoms with E-state index in [0.29, 0.717) is 16.8 Å². The van der Waals surface area contributed by atoms with Crippen molar-refractivity contribution >= 4 is 5.97 Å². The summed E-state index contributed by atoms with van der Waals surface area (Å²) in [5.74, 6) is -1.13. The Morgan fingerprint density at radius 3 is 2.60 bits per heavy atom. The maximum Gasteiger partial charge on any atom is 0.362 e. The second-order valence-corrected chi connectivity index (χ2v) is 4.36. The van der Waals surface area contributed by atoms with Crippen LogP contribution in [0.5, 0.6) is 0 Å². The molecule has 0 unspecified atom stereocenters. The predicted molar refractivity (Wildman–Crippen MR) is 70.6 cm³/mol. The van der Waals surface area contributed by atoms with E-state index in [-0.39, 0.29) is 11.5 Å². The number of benzene rings is 1. The topological polar surface area (TPSA) is 61.2 Å². The summed E-state index contributed by atoms with van der Waals surface area (Å²) < 4.78 is 19.2. The first-order chi connectivity index (χ1) is 9.43. The molecule has 0 radical (unpaired) electrons. The van der Waals surface area contributed by atoms with Crippen molar-refractivity contribution in [1.29, 1.82) is 0 Å². The molecule has 2 aromatic rings. The molecule has 0 bridgehead atoms. The molecule has 20 heavy (non-hydrogen) atoms. The molecule has 0 aliphatic heterocycles. The van der Waals surface area contributed by atoms with Crippen molar-refractivity contribution in [3.8, 4) is 5.69 Å². The lowest BCUT2D eigenvalue weighted by Gasteiger charge is -2.09. The lowest BCUT2D eigenvalue weighted by atomic mass is 10.2. The molecular weight excluding hydrogens is 263 g/mol. The zero-order valence-electron chi connectivity index (χ0n) is 11.3. The number of aryl methyl sites for hydroxylation is 2. The van der Waals surface area contributed by atoms with E-state index in [0.717, 1.165) is 0 Å². The molecule has 104 valence electrons. The van der Waals surface area contributed by atoms with Gasteiger partial charge in [-0.3, -0.25) is 4.79 Å². The Hall–Kier alpha value is -2.50. The van der Waals surface area contributed by atoms with Crippen LogP contribution in [-0.2, 0) is 4.74 Å². The number of halogens is 1. The number of methoxy groups -OCH3 is 1. The first-order valence-electron chi connectivity index (χ1n) is 5.89. The van der Waals surface area contributed by atoms with Crippen LogP contribution in [0.1, 0.15) is 21.6 Å². The predicted octanol–water partition coefficient (Wildman–Crippen LogP) is 1.78. The van der Waals surface area contributed by atoms with Gasteiger partial charge < -0.3 is 4.74 Å². The van der Waals surface area contributed by atoms with E-state index in [4.69, 9.17) is 0 Å². The van der Waals surface area contributed by atoms with Gasteiger partial charge in [-0.1, -0.05) is 0 Å². The summed E-state index contributed by atoms with van der Waals surface area (Å²) in [7, 11) is 1.18. The van der Waals surface area contributed by atoms with Crippen LogP contribution >= 0.6 is 0 Å². The highest BCUT2D eigenvalue weighted by Crippen LogP contribution is 2.12. The van der Waals surface area contributed by atoms with E-state index in [9.17, 15) is 14.0 Å². The summed E-state index contributed by atoms with van der Waals surface area (Å²) in [5, 5.41) is 3.95. The molecule has 0 atom stereocenters. The fourth-order valence-corrected chi connectivity index (χ4v) is 1.74. The van der Waals surface area contributed by atoms with Crippen LogP contribution in [0, 0.1) is 19.7 Å². The Balaban J connectivity index is 2.63. The molecule has 0 aliphatic carbocycles. The van der Waals surface area contributed by atoms with Crippen molar-refractivity contribution in [2.45, 2.75) is 13.8 Å². The quantitative estimate of drug-likeness (QED) is 0.784. The molecular formula is C14H13FN2O3. The average molecular weight is 276 g/mol. The van der Waals surface area contributed by atoms with E-state index < -0.39 is 11.4 Å². The molecule has 0 fully saturated rings. The van der Waals surface area contributed by atoms with Crippen molar-refractivity contribution in [3.05, 3.63) is 57.3 Å². The van der Waals surface area contributed by atoms with Gasteiger partial charge in [0, 0.05) is 11.8 Å². The van der Waals surface area contributed by atoms with Crippen LogP contribution in [0.25, 0.3) is 5.69 Å². The zero-order valence-corrected chi connectivity index (χ0v) is 11.3. The zero-order chi connectivity index (χ0) is 14.9. The summed E-state index contributed by atoms with van der Waals surface area (Å²) in [4.78, 5) is 23.4. The van der Waals surface area contributed by atoms with Crippen LogP contribution in [0.3, 0.4) is 0 Å². The maximum absolute atomic E-state index is 13.3. The highest BCUT2D eigenvalue weighted by Gasteiger charge is 2.16. The van der Waals surface area contributed by atoms with Crippen molar-refractivity contribution < 1.29 is 13.9 Å². The lowest BCUT2D eigenvalue weighted by molar-refractivity contribution is 0.0590. The molecule has 0 saturated heterocycles. The minimum absolute atomic E-state index is 0.297. The molecule has 0 saturated carbocycles. The second kappa shape index (κ2) is 5.24. The molecule has 0 spiro atoms. The Bertz CT molecular complexity index is 738. The van der Waals surface area contributed by atoms with Crippen LogP contribution < -0.4 is 5.43 Å². The second-order valence-electron chi connectivity index (χ2n) is 4.36. The van der Waals surface area contributed by atoms with Crippen LogP contribution in [0.15, 0.2) is 29.2 Å². The number of carbonyl (C=O) groups is 1. The smallest absolute Gasteiger partial charge is 0.362 e. The Morgan fingerprint density at radius 1 is 1.30 bits per heavy atom. The summed E-state index contributed by atoms with van der Waals surface area (Å²) in [6.07, 6.45) is 1.49. The highest BCUT2D eigenvalue weighted by atomic mass is 19.1. The van der Waals surface area contributed by atoms with Crippen LogP contribution in [0.2, 0.25) is 0 Å². The molecule has 2 rings (SSSR count). The summed E-state index contributed by atoms with van der Waals surface area (Å²) >= 11 is 0. The van der Waals surface area contributed by atoms with Gasteiger partial charge in [-0.25, -0.2) is 13.9 Å². The van der Waals surface area contributed by atoms with E-state index in [1.54, 1.807) is 19.9 Å². The van der Waals surface area contributed by atoms with Gasteiger partial charge in [0.25, 0.3) is 0 Å². The summed E-state index contributed by atoms with van der Waals surface area (Å²) in [6, 6.07) is 4.39. The molecule has 1 aromatic heterocycles. The monoisotopic (exact) mass is 276 g/mol. The Labute approximate surface area is 114 Å². The summed E-state index contributed by atoms with van der Waals surface area (Å²) in [6.45, 7) is 3.19. The Kier molecular flexibility index (Phi) is 3.65. The van der Waals surface area contributed by atoms with Gasteiger partial charge in [-0.15, -0.1) is 0 Å². The van der Waals surface area contributed by atoms with Crippen molar-refractivity contribution in [2.75, 3.05) is 7.11 Å². The number of esters is 1. The van der Waals surface area contributed by atoms with Gasteiger partial charge >= 0.3 is 5.97 Å². The van der Waals surface area contributed by atoms with E-state index >= 15 is 0 Å². The molecule has 1 heterocycles. The normalized spacial score (nSPS) is 10.4. The van der Waals surface area contributed by atoms with Gasteiger partial charge in [0.15, 0.2) is 0 Å². The summed E-state index contributed by atoms with van der Waals surface area (Å²) in [5.41, 5.74) is 0.571. The Morgan fingerprint density at radius 2 is 2.00 bits per heavy atom. The van der Waals surface area contributed by atoms with E-state index in [1.807, 2.05) is 0 Å². The van der Waals surface area contributed by atoms with Crippen molar-refractivity contribution in [3.63, 3.8) is 0 Å². The van der Waals surface area contributed by atoms with E-state index in [2.05, 4.69) is 9.84 Å². The standard InChI is InChI=1S/C14H13FN2O3/c1-8-6-10(4-5-11(8)15)17-7-9(2)13(18)12(16-17)14(19)20-3/h4-7H,1-3H3. The first kappa shape index (κ1) is 13.9. The molecule has 6 heteroatoms. The van der Waals surface area contributed by atoms with E-state index in [1.165, 1.54) is 30.1 Å². The van der Waals surface area contributed by atoms with Crippen LogP contribution in [0.4, 0.5) is 4.39 Å². The third kappa shape index (κ3) is 2.45. The van der Waals surface area contributed by atoms with Crippen molar-refractivity contribution in [1.82, 2.24) is 9.78 Å². The molecule has 0 N–H and O–H groups in total. The molecule has 0 amide bonds. The number of nitrogens with zero attached hydrogens (tertiary/aromatic N) is 2. The number of hydrogen-bond acceptors (Lipinski definition) is 4. The number of aromatic nitrogens is 2. The molecule has 1 aromatic carbocycles. The van der Waals surface area contributed by atoms with Gasteiger partial charge in [0.2, 0.25) is 11.1 Å². The highest BCUT2D eigenvalue weighted by molar-refractivity contribution is 5.87. The minimum Gasteiger partial charge on any atom is -0.464 e. The van der Waals surface area contributed by atoms with Crippen molar-refractivity contribution in [2.24, 2.45) is 0 Å². The van der Waals surface area contributed by atoms with Gasteiger partial charge in [0.05, 0.1) is 12.8 Å². The van der Waals surface area contributed by atoms with Crippen LogP contribution in [-0.4, -0.2) is 22.9 Å². The average Bonchev–Trinajstić information content (AvgIpc) is 2.44. The maximum atomic E-state index is 13.3. The fourth-order valence-electron chi connectivity index (χ4n) is 1.74. The van der Waals surface area contributed by atoms with Gasteiger partial charge in [-0.2, -0.15) is 5.10 Å². The third-order valence-electron chi connectivity index (χ3n) is 2.88. The number of hydrogen-bond donors (Lipinski definition) is 0. The number of ether oxygens (including phenoxy) is 1. The largest absolute Gasteiger partial charge is 0.464 e. The third-order valence-corrected chi connectivity index (χ3v) is 2.88. The number of rotatable bonds is 2. The SMILES string of the molecule is COC(=O)c1nn(-c2ccc(F)c(C)c2)cc(C)c1=O. The molecule has 5 nitrogen and oxygen atoms in total. The van der Waals surface area contributed by atoms with Gasteiger partial charge in [0.1, 0.15) is 5.82 Å².